The van der Waals surface area contributed by atoms with Crippen molar-refractivity contribution in [2.45, 2.75) is 32.0 Å². The number of ether oxygens (including phenoxy) is 2. The van der Waals surface area contributed by atoms with Gasteiger partial charge in [-0.05, 0) is 42.5 Å². The van der Waals surface area contributed by atoms with E-state index in [0.717, 1.165) is 17.7 Å². The van der Waals surface area contributed by atoms with Crippen LogP contribution in [0.15, 0.2) is 65.2 Å². The minimum absolute atomic E-state index is 0.226. The first kappa shape index (κ1) is 22.8. The molecular formula is C26H20F3NO5. The highest BCUT2D eigenvalue weighted by molar-refractivity contribution is 5.92. The molecule has 1 aliphatic rings. The minimum Gasteiger partial charge on any atom is -0.478 e. The van der Waals surface area contributed by atoms with Crippen molar-refractivity contribution in [3.05, 3.63) is 71.8 Å². The van der Waals surface area contributed by atoms with Crippen molar-refractivity contribution in [2.24, 2.45) is 5.92 Å². The summed E-state index contributed by atoms with van der Waals surface area (Å²) in [6.45, 7) is 3.62. The molecule has 0 fully saturated rings. The first-order valence-electron chi connectivity index (χ1n) is 10.9. The Kier molecular flexibility index (Phi) is 5.23. The molecule has 5 rings (SSSR count). The van der Waals surface area contributed by atoms with Crippen molar-refractivity contribution in [3.63, 3.8) is 0 Å². The van der Waals surface area contributed by atoms with Crippen LogP contribution in [0.5, 0.6) is 17.2 Å². The number of aliphatic carboxylic acids is 1. The van der Waals surface area contributed by atoms with Gasteiger partial charge in [0.15, 0.2) is 5.58 Å². The van der Waals surface area contributed by atoms with Crippen LogP contribution in [0.3, 0.4) is 0 Å². The highest BCUT2D eigenvalue weighted by Gasteiger charge is 2.49. The number of hydrogen-bond donors (Lipinski definition) is 1. The molecule has 1 N–H and O–H groups in total. The summed E-state index contributed by atoms with van der Waals surface area (Å²) >= 11 is 0. The van der Waals surface area contributed by atoms with Gasteiger partial charge in [-0.1, -0.05) is 31.1 Å². The largest absolute Gasteiger partial charge is 0.478 e. The van der Waals surface area contributed by atoms with E-state index in [1.165, 1.54) is 12.1 Å². The third-order valence-electron chi connectivity index (χ3n) is 6.24. The zero-order valence-electron chi connectivity index (χ0n) is 18.7. The fourth-order valence-corrected chi connectivity index (χ4v) is 4.20. The van der Waals surface area contributed by atoms with Crippen molar-refractivity contribution in [1.82, 2.24) is 5.16 Å². The predicted octanol–water partition coefficient (Wildman–Crippen LogP) is 6.72. The fourth-order valence-electron chi connectivity index (χ4n) is 4.20. The van der Waals surface area contributed by atoms with E-state index in [-0.39, 0.29) is 12.3 Å². The molecule has 0 spiro atoms. The van der Waals surface area contributed by atoms with E-state index in [1.807, 2.05) is 13.8 Å². The summed E-state index contributed by atoms with van der Waals surface area (Å²) in [5.41, 5.74) is 0.0211. The van der Waals surface area contributed by atoms with E-state index in [9.17, 15) is 23.1 Å². The summed E-state index contributed by atoms with van der Waals surface area (Å²) in [6.07, 6.45) is -4.19. The maximum absolute atomic E-state index is 12.8. The van der Waals surface area contributed by atoms with Crippen LogP contribution in [-0.2, 0) is 17.4 Å². The summed E-state index contributed by atoms with van der Waals surface area (Å²) in [5, 5.41) is 14.4. The summed E-state index contributed by atoms with van der Waals surface area (Å²) in [5.74, 6) is 0.231. The van der Waals surface area contributed by atoms with Crippen molar-refractivity contribution in [1.29, 1.82) is 0 Å². The molecule has 4 aromatic rings. The number of benzene rings is 3. The third kappa shape index (κ3) is 3.96. The molecule has 3 aromatic carbocycles. The Morgan fingerprint density at radius 2 is 1.74 bits per heavy atom. The van der Waals surface area contributed by atoms with Gasteiger partial charge in [-0.15, -0.1) is 0 Å². The van der Waals surface area contributed by atoms with Gasteiger partial charge >= 0.3 is 12.1 Å². The van der Waals surface area contributed by atoms with Crippen LogP contribution < -0.4 is 9.47 Å². The number of rotatable bonds is 5. The van der Waals surface area contributed by atoms with Crippen molar-refractivity contribution in [3.8, 4) is 28.5 Å². The molecule has 2 heterocycles. The Labute approximate surface area is 197 Å². The maximum Gasteiger partial charge on any atom is 0.416 e. The number of hydrogen-bond acceptors (Lipinski definition) is 5. The topological polar surface area (TPSA) is 81.8 Å². The monoisotopic (exact) mass is 483 g/mol. The van der Waals surface area contributed by atoms with Gasteiger partial charge < -0.3 is 19.1 Å². The molecule has 6 nitrogen and oxygen atoms in total. The highest BCUT2D eigenvalue weighted by atomic mass is 19.4. The second kappa shape index (κ2) is 8.04. The average molecular weight is 483 g/mol. The van der Waals surface area contributed by atoms with Gasteiger partial charge in [-0.25, -0.2) is 4.79 Å². The Morgan fingerprint density at radius 3 is 2.40 bits per heavy atom. The van der Waals surface area contributed by atoms with Gasteiger partial charge in [0.25, 0.3) is 0 Å². The van der Waals surface area contributed by atoms with Crippen molar-refractivity contribution >= 4 is 16.9 Å². The molecular weight excluding hydrogens is 463 g/mol. The van der Waals surface area contributed by atoms with Gasteiger partial charge in [-0.3, -0.25) is 0 Å². The number of fused-ring (bicyclic) bond motifs is 2. The molecule has 0 bridgehead atoms. The van der Waals surface area contributed by atoms with Crippen LogP contribution in [0.25, 0.3) is 22.2 Å². The SMILES string of the molecule is CC(C)[C@@]1(C(=O)O)Cc2cc(Oc3ccc4c(-c5ccc(C(F)(F)F)cc5)noc4c3)ccc2O1. The lowest BCUT2D eigenvalue weighted by Crippen LogP contribution is -2.48. The van der Waals surface area contributed by atoms with Crippen LogP contribution >= 0.6 is 0 Å². The summed E-state index contributed by atoms with van der Waals surface area (Å²) in [7, 11) is 0. The molecule has 0 unspecified atom stereocenters. The second-order valence-corrected chi connectivity index (χ2v) is 8.76. The molecule has 0 aliphatic carbocycles. The number of halogens is 3. The molecule has 1 atom stereocenters. The number of carboxylic acids is 1. The van der Waals surface area contributed by atoms with Gasteiger partial charge in [0, 0.05) is 34.9 Å². The molecule has 0 saturated carbocycles. The number of carbonyl (C=O) groups is 1. The normalized spacial score (nSPS) is 17.4. The van der Waals surface area contributed by atoms with Crippen molar-refractivity contribution in [2.75, 3.05) is 0 Å². The van der Waals surface area contributed by atoms with E-state index in [4.69, 9.17) is 14.0 Å². The number of aromatic nitrogens is 1. The van der Waals surface area contributed by atoms with Crippen LogP contribution in [0.4, 0.5) is 13.2 Å². The molecule has 0 saturated heterocycles. The molecule has 9 heteroatoms. The Hall–Kier alpha value is -4.01. The first-order chi connectivity index (χ1) is 16.6. The smallest absolute Gasteiger partial charge is 0.416 e. The number of alkyl halides is 3. The van der Waals surface area contributed by atoms with E-state index < -0.39 is 23.3 Å². The Bertz CT molecular complexity index is 1430. The number of carboxylic acid groups (broad SMARTS) is 1. The van der Waals surface area contributed by atoms with E-state index in [0.29, 0.717) is 39.5 Å². The molecule has 1 aromatic heterocycles. The summed E-state index contributed by atoms with van der Waals surface area (Å²) in [4.78, 5) is 11.9. The second-order valence-electron chi connectivity index (χ2n) is 8.76. The summed E-state index contributed by atoms with van der Waals surface area (Å²) < 4.78 is 55.7. The molecule has 1 aliphatic heterocycles. The van der Waals surface area contributed by atoms with Crippen LogP contribution in [0.1, 0.15) is 25.0 Å². The van der Waals surface area contributed by atoms with Gasteiger partial charge in [0.05, 0.1) is 5.56 Å². The lowest BCUT2D eigenvalue weighted by atomic mass is 9.86. The lowest BCUT2D eigenvalue weighted by molar-refractivity contribution is -0.157. The maximum atomic E-state index is 12.8. The van der Waals surface area contributed by atoms with Crippen LogP contribution in [0.2, 0.25) is 0 Å². The Morgan fingerprint density at radius 1 is 1.06 bits per heavy atom. The van der Waals surface area contributed by atoms with Crippen LogP contribution in [0, 0.1) is 5.92 Å². The zero-order valence-corrected chi connectivity index (χ0v) is 18.7. The predicted molar refractivity (Wildman–Crippen MR) is 120 cm³/mol. The Balaban J connectivity index is 1.38. The fraction of sp³-hybridized carbons (Fsp3) is 0.231. The molecule has 0 radical (unpaired) electrons. The number of nitrogens with zero attached hydrogens (tertiary/aromatic N) is 1. The molecule has 180 valence electrons. The lowest BCUT2D eigenvalue weighted by Gasteiger charge is -2.27. The van der Waals surface area contributed by atoms with Crippen molar-refractivity contribution < 1.29 is 37.1 Å². The molecule has 35 heavy (non-hydrogen) atoms. The third-order valence-corrected chi connectivity index (χ3v) is 6.24. The van der Waals surface area contributed by atoms with Gasteiger partial charge in [-0.2, -0.15) is 13.2 Å². The first-order valence-corrected chi connectivity index (χ1v) is 10.9. The van der Waals surface area contributed by atoms with Gasteiger partial charge in [0.1, 0.15) is 22.9 Å². The molecule has 0 amide bonds. The summed E-state index contributed by atoms with van der Waals surface area (Å²) in [6, 6.07) is 14.9. The van der Waals surface area contributed by atoms with Crippen LogP contribution in [-0.4, -0.2) is 21.8 Å². The quantitative estimate of drug-likeness (QED) is 0.339. The minimum atomic E-state index is -4.41. The standard InChI is InChI=1S/C26H20F3NO5/c1-14(2)25(24(31)32)13-16-11-18(8-10-21(16)34-25)33-19-7-9-20-22(12-19)35-30-23(20)15-3-5-17(6-4-15)26(27,28)29/h3-12,14H,13H2,1-2H3,(H,31,32)/t25-/m1/s1. The van der Waals surface area contributed by atoms with E-state index in [1.54, 1.807) is 36.4 Å². The highest BCUT2D eigenvalue weighted by Crippen LogP contribution is 2.42. The van der Waals surface area contributed by atoms with Gasteiger partial charge in [0.2, 0.25) is 5.60 Å². The average Bonchev–Trinajstić information content (AvgIpc) is 3.40. The zero-order chi connectivity index (χ0) is 25.0. The van der Waals surface area contributed by atoms with E-state index in [2.05, 4.69) is 5.16 Å². The van der Waals surface area contributed by atoms with E-state index >= 15 is 0 Å².